The summed E-state index contributed by atoms with van der Waals surface area (Å²) in [6.07, 6.45) is 6.63. The summed E-state index contributed by atoms with van der Waals surface area (Å²) in [5.41, 5.74) is 0.602. The minimum Gasteiger partial charge on any atom is -0.381 e. The van der Waals surface area contributed by atoms with Crippen molar-refractivity contribution in [2.45, 2.75) is 66.7 Å². The van der Waals surface area contributed by atoms with Gasteiger partial charge in [0.05, 0.1) is 0 Å². The Bertz CT molecular complexity index is 132. The standard InChI is InChI=1S/C12H24O.C2H6/c1-4-12(10-11(2)3)6-5-8-13-9-7-12;1-2/h11H,4-10H2,1-3H3;1-2H3. The molecule has 1 unspecified atom stereocenters. The van der Waals surface area contributed by atoms with Gasteiger partial charge >= 0.3 is 0 Å². The van der Waals surface area contributed by atoms with E-state index in [-0.39, 0.29) is 0 Å². The predicted octanol–water partition coefficient (Wildman–Crippen LogP) is 4.66. The fraction of sp³-hybridized carbons (Fsp3) is 1.00. The van der Waals surface area contributed by atoms with Crippen LogP contribution in [0.3, 0.4) is 0 Å². The molecule has 1 aliphatic rings. The molecule has 1 saturated heterocycles. The molecule has 1 atom stereocenters. The molecule has 0 radical (unpaired) electrons. The first-order valence-electron chi connectivity index (χ1n) is 6.76. The highest BCUT2D eigenvalue weighted by Crippen LogP contribution is 2.39. The summed E-state index contributed by atoms with van der Waals surface area (Å²) >= 11 is 0. The van der Waals surface area contributed by atoms with Gasteiger partial charge in [0.2, 0.25) is 0 Å². The zero-order valence-corrected chi connectivity index (χ0v) is 11.4. The number of rotatable bonds is 3. The van der Waals surface area contributed by atoms with Gasteiger partial charge in [-0.15, -0.1) is 0 Å². The van der Waals surface area contributed by atoms with Gasteiger partial charge in [0.15, 0.2) is 0 Å². The average Bonchev–Trinajstić information content (AvgIpc) is 2.46. The molecule has 0 aromatic rings. The highest BCUT2D eigenvalue weighted by molar-refractivity contribution is 4.80. The SMILES string of the molecule is CC.CCC1(CC(C)C)CCCOCC1. The average molecular weight is 214 g/mol. The predicted molar refractivity (Wildman–Crippen MR) is 68.2 cm³/mol. The van der Waals surface area contributed by atoms with Crippen molar-refractivity contribution in [1.82, 2.24) is 0 Å². The summed E-state index contributed by atoms with van der Waals surface area (Å²) in [7, 11) is 0. The molecule has 1 heterocycles. The fourth-order valence-corrected chi connectivity index (χ4v) is 2.63. The molecule has 1 heteroatoms. The number of ether oxygens (including phenoxy) is 1. The Labute approximate surface area is 96.6 Å². The molecule has 0 amide bonds. The molecular weight excluding hydrogens is 184 g/mol. The highest BCUT2D eigenvalue weighted by Gasteiger charge is 2.29. The van der Waals surface area contributed by atoms with Crippen LogP contribution in [0.15, 0.2) is 0 Å². The maximum absolute atomic E-state index is 5.53. The van der Waals surface area contributed by atoms with Gasteiger partial charge in [0.25, 0.3) is 0 Å². The molecule has 0 bridgehead atoms. The summed E-state index contributed by atoms with van der Waals surface area (Å²) in [4.78, 5) is 0. The van der Waals surface area contributed by atoms with Crippen LogP contribution in [0, 0.1) is 11.3 Å². The van der Waals surface area contributed by atoms with Gasteiger partial charge in [-0.2, -0.15) is 0 Å². The van der Waals surface area contributed by atoms with Crippen LogP contribution in [-0.2, 0) is 4.74 Å². The quantitative estimate of drug-likeness (QED) is 0.664. The lowest BCUT2D eigenvalue weighted by Crippen LogP contribution is -2.22. The number of hydrogen-bond acceptors (Lipinski definition) is 1. The lowest BCUT2D eigenvalue weighted by molar-refractivity contribution is 0.121. The van der Waals surface area contributed by atoms with Gasteiger partial charge in [-0.05, 0) is 37.0 Å². The topological polar surface area (TPSA) is 9.23 Å². The van der Waals surface area contributed by atoms with Gasteiger partial charge in [-0.3, -0.25) is 0 Å². The van der Waals surface area contributed by atoms with Crippen molar-refractivity contribution >= 4 is 0 Å². The van der Waals surface area contributed by atoms with Crippen molar-refractivity contribution in [2.24, 2.45) is 11.3 Å². The Morgan fingerprint density at radius 2 is 1.80 bits per heavy atom. The zero-order chi connectivity index (χ0) is 11.7. The molecule has 0 aromatic carbocycles. The van der Waals surface area contributed by atoms with Crippen LogP contribution >= 0.6 is 0 Å². The molecule has 0 aliphatic carbocycles. The van der Waals surface area contributed by atoms with Crippen molar-refractivity contribution in [3.8, 4) is 0 Å². The van der Waals surface area contributed by atoms with Crippen molar-refractivity contribution in [3.05, 3.63) is 0 Å². The van der Waals surface area contributed by atoms with Crippen LogP contribution in [0.25, 0.3) is 0 Å². The Balaban J connectivity index is 0.000000921. The Hall–Kier alpha value is -0.0400. The fourth-order valence-electron chi connectivity index (χ4n) is 2.63. The maximum Gasteiger partial charge on any atom is 0.0471 e. The van der Waals surface area contributed by atoms with Crippen molar-refractivity contribution in [3.63, 3.8) is 0 Å². The molecular formula is C14H30O. The molecule has 0 N–H and O–H groups in total. The molecule has 1 fully saturated rings. The van der Waals surface area contributed by atoms with Crippen LogP contribution in [0.1, 0.15) is 66.7 Å². The van der Waals surface area contributed by atoms with E-state index in [1.165, 1.54) is 32.1 Å². The van der Waals surface area contributed by atoms with Crippen LogP contribution < -0.4 is 0 Å². The second kappa shape index (κ2) is 8.15. The van der Waals surface area contributed by atoms with E-state index >= 15 is 0 Å². The Kier molecular flexibility index (Phi) is 8.13. The van der Waals surface area contributed by atoms with Gasteiger partial charge in [0, 0.05) is 13.2 Å². The van der Waals surface area contributed by atoms with E-state index in [0.29, 0.717) is 5.41 Å². The summed E-state index contributed by atoms with van der Waals surface area (Å²) in [6.45, 7) is 13.0. The molecule has 92 valence electrons. The largest absolute Gasteiger partial charge is 0.381 e. The van der Waals surface area contributed by atoms with Gasteiger partial charge in [-0.1, -0.05) is 41.0 Å². The summed E-state index contributed by atoms with van der Waals surface area (Å²) in [6, 6.07) is 0. The second-order valence-electron chi connectivity index (χ2n) is 4.92. The maximum atomic E-state index is 5.53. The van der Waals surface area contributed by atoms with Crippen LogP contribution in [-0.4, -0.2) is 13.2 Å². The molecule has 1 aliphatic heterocycles. The third-order valence-corrected chi connectivity index (χ3v) is 3.36. The minimum absolute atomic E-state index is 0.602. The molecule has 1 nitrogen and oxygen atoms in total. The van der Waals surface area contributed by atoms with E-state index in [1.807, 2.05) is 13.8 Å². The summed E-state index contributed by atoms with van der Waals surface area (Å²) in [5, 5.41) is 0. The van der Waals surface area contributed by atoms with Crippen molar-refractivity contribution in [1.29, 1.82) is 0 Å². The van der Waals surface area contributed by atoms with E-state index in [9.17, 15) is 0 Å². The van der Waals surface area contributed by atoms with E-state index < -0.39 is 0 Å². The Morgan fingerprint density at radius 3 is 2.33 bits per heavy atom. The number of hydrogen-bond donors (Lipinski definition) is 0. The van der Waals surface area contributed by atoms with Crippen LogP contribution in [0.2, 0.25) is 0 Å². The van der Waals surface area contributed by atoms with Crippen molar-refractivity contribution < 1.29 is 4.74 Å². The molecule has 0 spiro atoms. The highest BCUT2D eigenvalue weighted by atomic mass is 16.5. The molecule has 0 saturated carbocycles. The molecule has 0 aromatic heterocycles. The van der Waals surface area contributed by atoms with Gasteiger partial charge < -0.3 is 4.74 Å². The smallest absolute Gasteiger partial charge is 0.0471 e. The normalized spacial score (nSPS) is 26.8. The Morgan fingerprint density at radius 1 is 1.13 bits per heavy atom. The molecule has 1 rings (SSSR count). The zero-order valence-electron chi connectivity index (χ0n) is 11.4. The first-order valence-corrected chi connectivity index (χ1v) is 6.76. The van der Waals surface area contributed by atoms with E-state index in [0.717, 1.165) is 19.1 Å². The van der Waals surface area contributed by atoms with Gasteiger partial charge in [0.1, 0.15) is 0 Å². The summed E-state index contributed by atoms with van der Waals surface area (Å²) in [5.74, 6) is 0.832. The van der Waals surface area contributed by atoms with E-state index in [1.54, 1.807) is 0 Å². The summed E-state index contributed by atoms with van der Waals surface area (Å²) < 4.78 is 5.53. The van der Waals surface area contributed by atoms with Crippen LogP contribution in [0.4, 0.5) is 0 Å². The van der Waals surface area contributed by atoms with E-state index in [4.69, 9.17) is 4.74 Å². The lowest BCUT2D eigenvalue weighted by Gasteiger charge is -2.32. The minimum atomic E-state index is 0.602. The monoisotopic (exact) mass is 214 g/mol. The third-order valence-electron chi connectivity index (χ3n) is 3.36. The lowest BCUT2D eigenvalue weighted by atomic mass is 9.72. The van der Waals surface area contributed by atoms with Crippen LogP contribution in [0.5, 0.6) is 0 Å². The second-order valence-corrected chi connectivity index (χ2v) is 4.92. The first-order chi connectivity index (χ1) is 7.18. The van der Waals surface area contributed by atoms with E-state index in [2.05, 4.69) is 20.8 Å². The van der Waals surface area contributed by atoms with Crippen molar-refractivity contribution in [2.75, 3.05) is 13.2 Å². The molecule has 15 heavy (non-hydrogen) atoms. The van der Waals surface area contributed by atoms with Gasteiger partial charge in [-0.25, -0.2) is 0 Å². The third kappa shape index (κ3) is 5.55. The first kappa shape index (κ1) is 15.0.